The number of nitrogens with one attached hydrogen (secondary N) is 2. The van der Waals surface area contributed by atoms with E-state index in [1.165, 1.54) is 18.2 Å². The van der Waals surface area contributed by atoms with Crippen LogP contribution in [-0.2, 0) is 22.0 Å². The van der Waals surface area contributed by atoms with E-state index in [1.807, 2.05) is 109 Å². The zero-order chi connectivity index (χ0) is 39.1. The average molecular weight is 725 g/mol. The summed E-state index contributed by atoms with van der Waals surface area (Å²) in [6, 6.07) is 12.7. The van der Waals surface area contributed by atoms with Crippen LogP contribution in [0.5, 0.6) is 5.75 Å². The molecule has 2 unspecified atom stereocenters. The van der Waals surface area contributed by atoms with Gasteiger partial charge in [-0.25, -0.2) is 22.3 Å². The molecule has 0 bridgehead atoms. The third-order valence-corrected chi connectivity index (χ3v) is 7.76. The summed E-state index contributed by atoms with van der Waals surface area (Å²) in [4.78, 5) is 0.464. The van der Waals surface area contributed by atoms with Crippen molar-refractivity contribution in [2.24, 2.45) is 0 Å². The molecule has 0 aliphatic carbocycles. The number of hydrogen-bond donors (Lipinski definition) is 2. The minimum absolute atomic E-state index is 0.0298. The second kappa shape index (κ2) is 26.5. The molecule has 2 N–H and O–H groups in total. The lowest BCUT2D eigenvalue weighted by Crippen LogP contribution is -2.37. The standard InChI is InChI=1S/C15H18FNOS.C12H16F3NO2S.5C2H6/c1-10-8-9-13(19(18)17-15(2,3)4)14-11(10)6-5-7-12(14)16;1-8-5-6-10(19(17)16-11(2,3)4)9(7-8)18-12(13,14)15;5*1-2/h5-9,17H,1-4H3;5-7,16H,1-4H3;5*1-2H3. The highest BCUT2D eigenvalue weighted by molar-refractivity contribution is 7.83. The van der Waals surface area contributed by atoms with Crippen molar-refractivity contribution in [2.45, 2.75) is 152 Å². The van der Waals surface area contributed by atoms with Crippen molar-refractivity contribution in [1.82, 2.24) is 9.44 Å². The Balaban J connectivity index is -0.000000320. The van der Waals surface area contributed by atoms with E-state index in [0.29, 0.717) is 15.8 Å². The molecule has 3 aromatic rings. The number of fused-ring (bicyclic) bond motifs is 1. The Morgan fingerprint density at radius 1 is 0.625 bits per heavy atom. The van der Waals surface area contributed by atoms with Gasteiger partial charge >= 0.3 is 6.36 Å². The van der Waals surface area contributed by atoms with Gasteiger partial charge in [0.05, 0.1) is 9.79 Å². The Labute approximate surface area is 295 Å². The molecular formula is C37H64F4N2O3S2. The molecule has 0 saturated heterocycles. The van der Waals surface area contributed by atoms with Crippen LogP contribution in [0.4, 0.5) is 17.6 Å². The maximum Gasteiger partial charge on any atom is 0.573 e. The molecule has 2 atom stereocenters. The average Bonchev–Trinajstić information content (AvgIpc) is 3.00. The molecule has 0 amide bonds. The molecule has 0 saturated carbocycles. The number of ether oxygens (including phenoxy) is 1. The quantitative estimate of drug-likeness (QED) is 0.257. The summed E-state index contributed by atoms with van der Waals surface area (Å²) in [6.45, 7) is 34.6. The summed E-state index contributed by atoms with van der Waals surface area (Å²) in [6.07, 6.45) is -4.81. The van der Waals surface area contributed by atoms with E-state index in [2.05, 4.69) is 14.2 Å². The van der Waals surface area contributed by atoms with Gasteiger partial charge in [0.1, 0.15) is 33.5 Å². The summed E-state index contributed by atoms with van der Waals surface area (Å²) >= 11 is 0. The van der Waals surface area contributed by atoms with E-state index in [1.54, 1.807) is 45.9 Å². The number of hydrogen-bond acceptors (Lipinski definition) is 3. The van der Waals surface area contributed by atoms with Crippen LogP contribution in [0.3, 0.4) is 0 Å². The van der Waals surface area contributed by atoms with Crippen LogP contribution in [0, 0.1) is 19.7 Å². The van der Waals surface area contributed by atoms with Crippen molar-refractivity contribution in [3.63, 3.8) is 0 Å². The highest BCUT2D eigenvalue weighted by atomic mass is 32.2. The molecule has 0 heterocycles. The summed E-state index contributed by atoms with van der Waals surface area (Å²) in [5, 5.41) is 1.25. The highest BCUT2D eigenvalue weighted by Gasteiger charge is 2.33. The summed E-state index contributed by atoms with van der Waals surface area (Å²) < 4.78 is 85.0. The zero-order valence-electron chi connectivity index (χ0n) is 32.7. The number of alkyl halides is 3. The molecule has 0 radical (unpaired) electrons. The third-order valence-electron chi connectivity index (χ3n) is 4.69. The Morgan fingerprint density at radius 2 is 1.04 bits per heavy atom. The molecular weight excluding hydrogens is 661 g/mol. The summed E-state index contributed by atoms with van der Waals surface area (Å²) in [5.41, 5.74) is 0.778. The Bertz CT molecular complexity index is 1340. The maximum absolute atomic E-state index is 14.1. The van der Waals surface area contributed by atoms with E-state index in [4.69, 9.17) is 0 Å². The van der Waals surface area contributed by atoms with Gasteiger partial charge in [-0.05, 0) is 96.2 Å². The molecule has 48 heavy (non-hydrogen) atoms. The van der Waals surface area contributed by atoms with Crippen LogP contribution in [0.1, 0.15) is 122 Å². The molecule has 0 spiro atoms. The molecule has 5 nitrogen and oxygen atoms in total. The normalized spacial score (nSPS) is 11.7. The lowest BCUT2D eigenvalue weighted by atomic mass is 10.1. The first-order valence-electron chi connectivity index (χ1n) is 16.7. The number of benzene rings is 3. The molecule has 0 aliphatic heterocycles. The van der Waals surface area contributed by atoms with Gasteiger partial charge in [0.25, 0.3) is 0 Å². The lowest BCUT2D eigenvalue weighted by Gasteiger charge is -2.21. The first-order chi connectivity index (χ1) is 22.3. The van der Waals surface area contributed by atoms with Gasteiger partial charge < -0.3 is 4.74 Å². The van der Waals surface area contributed by atoms with Crippen LogP contribution in [0.15, 0.2) is 58.3 Å². The van der Waals surface area contributed by atoms with Crippen molar-refractivity contribution in [2.75, 3.05) is 0 Å². The maximum atomic E-state index is 14.1. The third kappa shape index (κ3) is 21.6. The second-order valence-electron chi connectivity index (χ2n) is 10.8. The van der Waals surface area contributed by atoms with Crippen LogP contribution < -0.4 is 14.2 Å². The fourth-order valence-electron chi connectivity index (χ4n) is 3.27. The van der Waals surface area contributed by atoms with E-state index >= 15 is 0 Å². The van der Waals surface area contributed by atoms with E-state index in [9.17, 15) is 26.0 Å². The number of halogens is 4. The van der Waals surface area contributed by atoms with Gasteiger partial charge in [-0.1, -0.05) is 93.5 Å². The van der Waals surface area contributed by atoms with Gasteiger partial charge in [-0.3, -0.25) is 0 Å². The monoisotopic (exact) mass is 724 g/mol. The van der Waals surface area contributed by atoms with Gasteiger partial charge in [0, 0.05) is 16.5 Å². The van der Waals surface area contributed by atoms with Gasteiger partial charge in [0.15, 0.2) is 0 Å². The largest absolute Gasteiger partial charge is 0.573 e. The minimum atomic E-state index is -4.81. The first-order valence-corrected chi connectivity index (χ1v) is 19.0. The molecule has 3 rings (SSSR count). The van der Waals surface area contributed by atoms with Crippen molar-refractivity contribution in [3.05, 3.63) is 65.5 Å². The Morgan fingerprint density at radius 3 is 1.46 bits per heavy atom. The van der Waals surface area contributed by atoms with Crippen LogP contribution in [-0.4, -0.2) is 25.9 Å². The van der Waals surface area contributed by atoms with Gasteiger partial charge in [0.2, 0.25) is 0 Å². The second-order valence-corrected chi connectivity index (χ2v) is 13.1. The molecule has 280 valence electrons. The highest BCUT2D eigenvalue weighted by Crippen LogP contribution is 2.30. The van der Waals surface area contributed by atoms with Crippen LogP contribution in [0.2, 0.25) is 0 Å². The Hall–Kier alpha value is -2.34. The predicted molar refractivity (Wildman–Crippen MR) is 202 cm³/mol. The smallest absolute Gasteiger partial charge is 0.404 e. The molecule has 0 fully saturated rings. The van der Waals surface area contributed by atoms with Crippen LogP contribution in [0.25, 0.3) is 10.8 Å². The van der Waals surface area contributed by atoms with Gasteiger partial charge in [-0.15, -0.1) is 13.2 Å². The fraction of sp³-hybridized carbons (Fsp3) is 0.568. The van der Waals surface area contributed by atoms with Crippen LogP contribution >= 0.6 is 0 Å². The van der Waals surface area contributed by atoms with E-state index in [-0.39, 0.29) is 16.3 Å². The summed E-state index contributed by atoms with van der Waals surface area (Å²) in [5.74, 6) is -0.775. The molecule has 11 heteroatoms. The minimum Gasteiger partial charge on any atom is -0.404 e. The molecule has 0 aliphatic rings. The SMILES string of the molecule is CC.CC.CC.CC.CC.Cc1ccc(S(=O)NC(C)(C)C)c(OC(F)(F)F)c1.Cc1ccc(S(=O)NC(C)(C)C)c2c(F)cccc12. The van der Waals surface area contributed by atoms with Crippen molar-refractivity contribution < 1.29 is 30.7 Å². The predicted octanol–water partition coefficient (Wildman–Crippen LogP) is 12.1. The Kier molecular flexibility index (Phi) is 29.0. The van der Waals surface area contributed by atoms with Crippen molar-refractivity contribution in [1.29, 1.82) is 0 Å². The zero-order valence-corrected chi connectivity index (χ0v) is 34.3. The lowest BCUT2D eigenvalue weighted by molar-refractivity contribution is -0.275. The number of rotatable bonds is 5. The van der Waals surface area contributed by atoms with E-state index < -0.39 is 39.6 Å². The topological polar surface area (TPSA) is 67.4 Å². The fourth-order valence-corrected chi connectivity index (χ4v) is 5.66. The van der Waals surface area contributed by atoms with Crippen molar-refractivity contribution in [3.8, 4) is 5.75 Å². The van der Waals surface area contributed by atoms with Gasteiger partial charge in [-0.2, -0.15) is 0 Å². The molecule has 3 aromatic carbocycles. The van der Waals surface area contributed by atoms with Crippen molar-refractivity contribution >= 4 is 32.7 Å². The van der Waals surface area contributed by atoms with E-state index in [0.717, 1.165) is 10.9 Å². The number of aryl methyl sites for hydroxylation is 2. The summed E-state index contributed by atoms with van der Waals surface area (Å²) in [7, 11) is -3.22. The molecule has 0 aromatic heterocycles. The first kappa shape index (κ1) is 52.5.